The summed E-state index contributed by atoms with van der Waals surface area (Å²) in [7, 11) is 0. The van der Waals surface area contributed by atoms with E-state index in [1.165, 1.54) is 0 Å². The van der Waals surface area contributed by atoms with Crippen LogP contribution in [-0.2, 0) is 0 Å². The van der Waals surface area contributed by atoms with Gasteiger partial charge in [-0.05, 0) is 6.07 Å². The highest BCUT2D eigenvalue weighted by Crippen LogP contribution is 2.18. The Morgan fingerprint density at radius 3 is 2.56 bits per heavy atom. The zero-order valence-corrected chi connectivity index (χ0v) is 7.66. The van der Waals surface area contributed by atoms with E-state index in [1.807, 2.05) is 0 Å². The molecule has 1 aromatic carbocycles. The van der Waals surface area contributed by atoms with Crippen LogP contribution in [0.5, 0.6) is 0 Å². The largest absolute Gasteiger partial charge is 0.475 e. The minimum Gasteiger partial charge on any atom is -0.475 e. The molecule has 0 radical (unpaired) electrons. The number of carboxylic acids is 1. The van der Waals surface area contributed by atoms with Gasteiger partial charge in [-0.15, -0.1) is 0 Å². The average Bonchev–Trinajstić information content (AvgIpc) is 2.19. The second kappa shape index (κ2) is 3.41. The van der Waals surface area contributed by atoms with Gasteiger partial charge >= 0.3 is 5.97 Å². The van der Waals surface area contributed by atoms with Crippen molar-refractivity contribution in [3.05, 3.63) is 45.8 Å². The fraction of sp³-hybridized carbons (Fsp3) is 0. The molecule has 0 aliphatic rings. The third kappa shape index (κ3) is 1.54. The number of aromatic carboxylic acids is 1. The molecule has 82 valence electrons. The molecule has 0 aliphatic carbocycles. The monoisotopic (exact) mass is 226 g/mol. The molecule has 0 spiro atoms. The number of carboxylic acid groups (broad SMARTS) is 1. The van der Waals surface area contributed by atoms with Gasteiger partial charge in [0.2, 0.25) is 5.76 Å². The van der Waals surface area contributed by atoms with E-state index in [4.69, 9.17) is 5.11 Å². The van der Waals surface area contributed by atoms with Gasteiger partial charge in [-0.25, -0.2) is 13.6 Å². The molecule has 0 saturated carbocycles. The van der Waals surface area contributed by atoms with Gasteiger partial charge in [-0.3, -0.25) is 4.79 Å². The number of fused-ring (bicyclic) bond motifs is 1. The lowest BCUT2D eigenvalue weighted by Crippen LogP contribution is -2.07. The molecule has 1 heterocycles. The normalized spacial score (nSPS) is 10.6. The second-order valence-electron chi connectivity index (χ2n) is 3.04. The van der Waals surface area contributed by atoms with E-state index in [1.54, 1.807) is 0 Å². The third-order valence-electron chi connectivity index (χ3n) is 1.96. The molecule has 0 atom stereocenters. The molecule has 0 saturated heterocycles. The van der Waals surface area contributed by atoms with E-state index in [0.29, 0.717) is 12.1 Å². The highest BCUT2D eigenvalue weighted by molar-refractivity contribution is 5.87. The first-order chi connectivity index (χ1) is 7.49. The molecule has 0 aliphatic heterocycles. The Morgan fingerprint density at radius 2 is 1.94 bits per heavy atom. The van der Waals surface area contributed by atoms with Crippen LogP contribution in [0.3, 0.4) is 0 Å². The maximum absolute atomic E-state index is 13.2. The maximum atomic E-state index is 13.2. The van der Waals surface area contributed by atoms with Crippen molar-refractivity contribution in [1.82, 2.24) is 0 Å². The number of carbonyl (C=O) groups is 1. The molecule has 0 unspecified atom stereocenters. The summed E-state index contributed by atoms with van der Waals surface area (Å²) in [6.07, 6.45) is 0. The summed E-state index contributed by atoms with van der Waals surface area (Å²) >= 11 is 0. The van der Waals surface area contributed by atoms with Gasteiger partial charge < -0.3 is 9.52 Å². The number of halogens is 2. The van der Waals surface area contributed by atoms with Crippen LogP contribution in [0.1, 0.15) is 10.6 Å². The maximum Gasteiger partial charge on any atom is 0.371 e. The minimum absolute atomic E-state index is 0.331. The highest BCUT2D eigenvalue weighted by atomic mass is 19.1. The van der Waals surface area contributed by atoms with Gasteiger partial charge in [0.05, 0.1) is 5.39 Å². The van der Waals surface area contributed by atoms with Crippen LogP contribution < -0.4 is 5.43 Å². The molecule has 1 N–H and O–H groups in total. The van der Waals surface area contributed by atoms with Crippen molar-refractivity contribution >= 4 is 16.9 Å². The van der Waals surface area contributed by atoms with E-state index in [9.17, 15) is 18.4 Å². The molecule has 16 heavy (non-hydrogen) atoms. The van der Waals surface area contributed by atoms with Crippen molar-refractivity contribution in [3.8, 4) is 0 Å². The minimum atomic E-state index is -1.50. The molecule has 0 amide bonds. The van der Waals surface area contributed by atoms with Crippen LogP contribution >= 0.6 is 0 Å². The van der Waals surface area contributed by atoms with Gasteiger partial charge in [0.1, 0.15) is 5.82 Å². The first-order valence-corrected chi connectivity index (χ1v) is 4.15. The van der Waals surface area contributed by atoms with Gasteiger partial charge in [-0.1, -0.05) is 0 Å². The molecule has 2 aromatic rings. The third-order valence-corrected chi connectivity index (χ3v) is 1.96. The summed E-state index contributed by atoms with van der Waals surface area (Å²) in [5.74, 6) is -4.23. The average molecular weight is 226 g/mol. The molecule has 0 bridgehead atoms. The van der Waals surface area contributed by atoms with Gasteiger partial charge in [0.15, 0.2) is 16.8 Å². The van der Waals surface area contributed by atoms with Crippen LogP contribution in [0.2, 0.25) is 0 Å². The Labute approximate surface area is 86.7 Å². The van der Waals surface area contributed by atoms with Crippen molar-refractivity contribution in [2.45, 2.75) is 0 Å². The van der Waals surface area contributed by atoms with Crippen LogP contribution in [0.15, 0.2) is 27.4 Å². The summed E-state index contributed by atoms with van der Waals surface area (Å²) in [5, 5.41) is 8.25. The second-order valence-corrected chi connectivity index (χ2v) is 3.04. The summed E-state index contributed by atoms with van der Waals surface area (Å²) in [5.41, 5.74) is -1.37. The lowest BCUT2D eigenvalue weighted by molar-refractivity contribution is 0.0663. The lowest BCUT2D eigenvalue weighted by atomic mass is 10.2. The van der Waals surface area contributed by atoms with Crippen molar-refractivity contribution < 1.29 is 23.1 Å². The number of benzene rings is 1. The Bertz CT molecular complexity index is 645. The Balaban J connectivity index is 2.93. The van der Waals surface area contributed by atoms with Crippen LogP contribution in [0.25, 0.3) is 11.0 Å². The topological polar surface area (TPSA) is 67.5 Å². The first kappa shape index (κ1) is 10.3. The Hall–Kier alpha value is -2.24. The van der Waals surface area contributed by atoms with Crippen LogP contribution in [0, 0.1) is 11.6 Å². The molecule has 6 heteroatoms. The lowest BCUT2D eigenvalue weighted by Gasteiger charge is -2.00. The summed E-state index contributed by atoms with van der Waals surface area (Å²) in [6, 6.07) is 1.97. The van der Waals surface area contributed by atoms with Crippen molar-refractivity contribution in [1.29, 1.82) is 0 Å². The zero-order chi connectivity index (χ0) is 11.9. The molecular formula is C10H4F2O4. The molecule has 2 rings (SSSR count). The molecule has 4 nitrogen and oxygen atoms in total. The summed E-state index contributed by atoms with van der Waals surface area (Å²) < 4.78 is 30.7. The van der Waals surface area contributed by atoms with Crippen LogP contribution in [0.4, 0.5) is 8.78 Å². The summed E-state index contributed by atoms with van der Waals surface area (Å²) in [6.45, 7) is 0. The quantitative estimate of drug-likeness (QED) is 0.804. The van der Waals surface area contributed by atoms with E-state index in [-0.39, 0.29) is 5.39 Å². The first-order valence-electron chi connectivity index (χ1n) is 4.15. The van der Waals surface area contributed by atoms with Crippen LogP contribution in [-0.4, -0.2) is 11.1 Å². The number of rotatable bonds is 1. The predicted octanol–water partition coefficient (Wildman–Crippen LogP) is 1.77. The molecular weight excluding hydrogens is 222 g/mol. The standard InChI is InChI=1S/C10H4F2O4/c11-4-1-5-7(13)3-8(10(14)15)16-9(5)6(12)2-4/h1-3H,(H,14,15). The highest BCUT2D eigenvalue weighted by Gasteiger charge is 2.14. The molecule has 0 fully saturated rings. The van der Waals surface area contributed by atoms with E-state index < -0.39 is 34.4 Å². The Morgan fingerprint density at radius 1 is 1.25 bits per heavy atom. The van der Waals surface area contributed by atoms with Crippen molar-refractivity contribution in [2.24, 2.45) is 0 Å². The van der Waals surface area contributed by atoms with E-state index in [0.717, 1.165) is 6.07 Å². The SMILES string of the molecule is O=C(O)c1cc(=O)c2cc(F)cc(F)c2o1. The van der Waals surface area contributed by atoms with Crippen molar-refractivity contribution in [3.63, 3.8) is 0 Å². The van der Waals surface area contributed by atoms with E-state index in [2.05, 4.69) is 4.42 Å². The molecule has 1 aromatic heterocycles. The zero-order valence-electron chi connectivity index (χ0n) is 7.66. The van der Waals surface area contributed by atoms with E-state index >= 15 is 0 Å². The number of hydrogen-bond donors (Lipinski definition) is 1. The van der Waals surface area contributed by atoms with Gasteiger partial charge in [-0.2, -0.15) is 0 Å². The van der Waals surface area contributed by atoms with Gasteiger partial charge in [0.25, 0.3) is 0 Å². The van der Waals surface area contributed by atoms with Crippen molar-refractivity contribution in [2.75, 3.05) is 0 Å². The smallest absolute Gasteiger partial charge is 0.371 e. The van der Waals surface area contributed by atoms with Gasteiger partial charge in [0, 0.05) is 12.1 Å². The Kier molecular flexibility index (Phi) is 2.19. The fourth-order valence-electron chi connectivity index (χ4n) is 1.29. The summed E-state index contributed by atoms with van der Waals surface area (Å²) in [4.78, 5) is 21.9. The number of hydrogen-bond acceptors (Lipinski definition) is 3. The fourth-order valence-corrected chi connectivity index (χ4v) is 1.29. The predicted molar refractivity (Wildman–Crippen MR) is 49.4 cm³/mol.